The summed E-state index contributed by atoms with van der Waals surface area (Å²) in [5.74, 6) is 1.16. The summed E-state index contributed by atoms with van der Waals surface area (Å²) in [7, 11) is 2.01. The largest absolute Gasteiger partial charge is 0.494 e. The second-order valence-corrected chi connectivity index (χ2v) is 6.04. The Morgan fingerprint density at radius 3 is 2.36 bits per heavy atom. The van der Waals surface area contributed by atoms with Gasteiger partial charge >= 0.3 is 0 Å². The Balaban J connectivity index is 1.81. The first-order valence-electron chi connectivity index (χ1n) is 8.37. The molecule has 0 N–H and O–H groups in total. The molecule has 0 radical (unpaired) electrons. The number of ether oxygens (including phenoxy) is 1. The van der Waals surface area contributed by atoms with Gasteiger partial charge in [-0.25, -0.2) is 0 Å². The summed E-state index contributed by atoms with van der Waals surface area (Å²) in [4.78, 5) is 16.5. The van der Waals surface area contributed by atoms with Crippen LogP contribution in [0.25, 0.3) is 0 Å². The molecule has 2 rings (SSSR count). The fourth-order valence-corrected chi connectivity index (χ4v) is 2.88. The molecule has 122 valence electrons. The van der Waals surface area contributed by atoms with Crippen molar-refractivity contribution in [1.29, 1.82) is 0 Å². The number of nitrogens with zero attached hydrogens (tertiary/aromatic N) is 2. The fourth-order valence-electron chi connectivity index (χ4n) is 2.88. The summed E-state index contributed by atoms with van der Waals surface area (Å²) < 4.78 is 5.45. The molecule has 1 aromatic carbocycles. The number of rotatable bonds is 6. The van der Waals surface area contributed by atoms with Gasteiger partial charge in [0.15, 0.2) is 0 Å². The predicted octanol–water partition coefficient (Wildman–Crippen LogP) is 2.92. The highest BCUT2D eigenvalue weighted by molar-refractivity contribution is 5.78. The van der Waals surface area contributed by atoms with Crippen LogP contribution in [0.4, 0.5) is 0 Å². The molecular weight excluding hydrogens is 276 g/mol. The molecule has 1 aromatic rings. The van der Waals surface area contributed by atoms with Crippen molar-refractivity contribution < 1.29 is 9.53 Å². The van der Waals surface area contributed by atoms with E-state index in [0.29, 0.717) is 13.2 Å². The van der Waals surface area contributed by atoms with Crippen LogP contribution in [0.1, 0.15) is 38.2 Å². The highest BCUT2D eigenvalue weighted by Crippen LogP contribution is 2.14. The Hall–Kier alpha value is -1.55. The van der Waals surface area contributed by atoms with Gasteiger partial charge in [0.05, 0.1) is 13.2 Å². The lowest BCUT2D eigenvalue weighted by molar-refractivity contribution is -0.132. The molecule has 22 heavy (non-hydrogen) atoms. The lowest BCUT2D eigenvalue weighted by atomic mass is 10.2. The first-order valence-corrected chi connectivity index (χ1v) is 8.37. The molecule has 1 saturated heterocycles. The smallest absolute Gasteiger partial charge is 0.236 e. The Morgan fingerprint density at radius 1 is 1.14 bits per heavy atom. The van der Waals surface area contributed by atoms with Crippen molar-refractivity contribution in [2.24, 2.45) is 0 Å². The van der Waals surface area contributed by atoms with Crippen molar-refractivity contribution in [2.75, 3.05) is 33.3 Å². The number of amides is 1. The van der Waals surface area contributed by atoms with Crippen LogP contribution >= 0.6 is 0 Å². The van der Waals surface area contributed by atoms with Gasteiger partial charge in [-0.15, -0.1) is 0 Å². The third-order valence-electron chi connectivity index (χ3n) is 4.05. The molecule has 0 aliphatic carbocycles. The monoisotopic (exact) mass is 304 g/mol. The molecule has 0 unspecified atom stereocenters. The lowest BCUT2D eigenvalue weighted by Crippen LogP contribution is -2.39. The molecular formula is C18H28N2O2. The number of likely N-dealkylation sites (tertiary alicyclic amines) is 1. The van der Waals surface area contributed by atoms with Gasteiger partial charge in [0.1, 0.15) is 5.75 Å². The zero-order chi connectivity index (χ0) is 15.8. The maximum absolute atomic E-state index is 12.4. The summed E-state index contributed by atoms with van der Waals surface area (Å²) in [6, 6.07) is 8.11. The van der Waals surface area contributed by atoms with Gasteiger partial charge in [0.2, 0.25) is 5.91 Å². The predicted molar refractivity (Wildman–Crippen MR) is 89.0 cm³/mol. The summed E-state index contributed by atoms with van der Waals surface area (Å²) in [5.41, 5.74) is 1.20. The molecule has 0 saturated carbocycles. The van der Waals surface area contributed by atoms with E-state index in [2.05, 4.69) is 17.0 Å². The van der Waals surface area contributed by atoms with Crippen molar-refractivity contribution in [3.05, 3.63) is 29.8 Å². The van der Waals surface area contributed by atoms with Gasteiger partial charge < -0.3 is 9.64 Å². The summed E-state index contributed by atoms with van der Waals surface area (Å²) >= 11 is 0. The molecule has 1 fully saturated rings. The van der Waals surface area contributed by atoms with Gasteiger partial charge in [0, 0.05) is 19.6 Å². The van der Waals surface area contributed by atoms with Gasteiger partial charge in [-0.05, 0) is 44.5 Å². The molecule has 0 spiro atoms. The van der Waals surface area contributed by atoms with E-state index in [1.807, 2.05) is 31.0 Å². The highest BCUT2D eigenvalue weighted by atomic mass is 16.5. The summed E-state index contributed by atoms with van der Waals surface area (Å²) in [5, 5.41) is 0. The van der Waals surface area contributed by atoms with Crippen molar-refractivity contribution in [1.82, 2.24) is 9.80 Å². The van der Waals surface area contributed by atoms with E-state index in [1.54, 1.807) is 0 Å². The zero-order valence-electron chi connectivity index (χ0n) is 13.9. The van der Waals surface area contributed by atoms with E-state index in [-0.39, 0.29) is 5.91 Å². The fraction of sp³-hybridized carbons (Fsp3) is 0.611. The van der Waals surface area contributed by atoms with Crippen LogP contribution in [-0.2, 0) is 11.3 Å². The van der Waals surface area contributed by atoms with Gasteiger partial charge in [-0.1, -0.05) is 25.0 Å². The van der Waals surface area contributed by atoms with Crippen molar-refractivity contribution >= 4 is 5.91 Å². The molecule has 1 aliphatic rings. The highest BCUT2D eigenvalue weighted by Gasteiger charge is 2.16. The Kier molecular flexibility index (Phi) is 6.72. The van der Waals surface area contributed by atoms with Crippen molar-refractivity contribution in [3.63, 3.8) is 0 Å². The molecule has 1 heterocycles. The van der Waals surface area contributed by atoms with Crippen LogP contribution in [0.15, 0.2) is 24.3 Å². The number of hydrogen-bond acceptors (Lipinski definition) is 3. The van der Waals surface area contributed by atoms with Crippen LogP contribution in [0.2, 0.25) is 0 Å². The normalized spacial score (nSPS) is 15.7. The summed E-state index contributed by atoms with van der Waals surface area (Å²) in [6.45, 7) is 5.80. The van der Waals surface area contributed by atoms with Crippen LogP contribution in [0.3, 0.4) is 0 Å². The van der Waals surface area contributed by atoms with E-state index < -0.39 is 0 Å². The van der Waals surface area contributed by atoms with Crippen LogP contribution < -0.4 is 4.74 Å². The topological polar surface area (TPSA) is 32.8 Å². The number of hydrogen-bond donors (Lipinski definition) is 0. The minimum atomic E-state index is 0.260. The van der Waals surface area contributed by atoms with E-state index in [0.717, 1.165) is 38.2 Å². The standard InChI is InChI=1S/C18H28N2O2/c1-3-22-17-10-8-16(9-11-17)14-19(2)15-18(21)20-12-6-4-5-7-13-20/h8-11H,3-7,12-15H2,1-2H3. The summed E-state index contributed by atoms with van der Waals surface area (Å²) in [6.07, 6.45) is 4.81. The number of likely N-dealkylation sites (N-methyl/N-ethyl adjacent to an activating group) is 1. The molecule has 1 aliphatic heterocycles. The first-order chi connectivity index (χ1) is 10.7. The maximum Gasteiger partial charge on any atom is 0.236 e. The first kappa shape index (κ1) is 16.8. The maximum atomic E-state index is 12.4. The third-order valence-corrected chi connectivity index (χ3v) is 4.05. The second-order valence-electron chi connectivity index (χ2n) is 6.04. The van der Waals surface area contributed by atoms with Crippen molar-refractivity contribution in [3.8, 4) is 5.75 Å². The minimum Gasteiger partial charge on any atom is -0.494 e. The Morgan fingerprint density at radius 2 is 1.77 bits per heavy atom. The van der Waals surface area contributed by atoms with Crippen LogP contribution in [-0.4, -0.2) is 49.0 Å². The van der Waals surface area contributed by atoms with Crippen molar-refractivity contribution in [2.45, 2.75) is 39.2 Å². The van der Waals surface area contributed by atoms with E-state index in [4.69, 9.17) is 4.74 Å². The average Bonchev–Trinajstić information content (AvgIpc) is 2.78. The van der Waals surface area contributed by atoms with Gasteiger partial charge in [0.25, 0.3) is 0 Å². The van der Waals surface area contributed by atoms with Gasteiger partial charge in [-0.2, -0.15) is 0 Å². The minimum absolute atomic E-state index is 0.260. The third kappa shape index (κ3) is 5.34. The van der Waals surface area contributed by atoms with Crippen LogP contribution in [0.5, 0.6) is 5.75 Å². The quantitative estimate of drug-likeness (QED) is 0.810. The molecule has 0 atom stereocenters. The zero-order valence-corrected chi connectivity index (χ0v) is 13.9. The van der Waals surface area contributed by atoms with Gasteiger partial charge in [-0.3, -0.25) is 9.69 Å². The molecule has 0 bridgehead atoms. The number of carbonyl (C=O) groups is 1. The molecule has 1 amide bonds. The SMILES string of the molecule is CCOc1ccc(CN(C)CC(=O)N2CCCCCC2)cc1. The Bertz CT molecular complexity index is 451. The number of benzene rings is 1. The molecule has 4 heteroatoms. The second kappa shape index (κ2) is 8.79. The molecule has 4 nitrogen and oxygen atoms in total. The van der Waals surface area contributed by atoms with E-state index >= 15 is 0 Å². The lowest BCUT2D eigenvalue weighted by Gasteiger charge is -2.24. The van der Waals surface area contributed by atoms with Crippen LogP contribution in [0, 0.1) is 0 Å². The Labute approximate surface area is 134 Å². The number of carbonyl (C=O) groups excluding carboxylic acids is 1. The van der Waals surface area contributed by atoms with E-state index in [9.17, 15) is 4.79 Å². The molecule has 0 aromatic heterocycles. The van der Waals surface area contributed by atoms with E-state index in [1.165, 1.54) is 18.4 Å². The average molecular weight is 304 g/mol.